The van der Waals surface area contributed by atoms with Gasteiger partial charge in [-0.2, -0.15) is 0 Å². The standard InChI is InChI=1S/C18H21ClN2O3/c1-12-8-13(20-24-12)9-17(22)21-10-16(23-11-18(21,2)3)14-6-4-5-7-15(14)19/h4-8,16H,9-11H2,1-3H3/t16-/m0/s1. The van der Waals surface area contributed by atoms with Crippen LogP contribution in [0.2, 0.25) is 5.02 Å². The van der Waals surface area contributed by atoms with Gasteiger partial charge in [0.15, 0.2) is 0 Å². The number of aryl methyl sites for hydroxylation is 1. The van der Waals surface area contributed by atoms with Gasteiger partial charge in [-0.05, 0) is 26.8 Å². The summed E-state index contributed by atoms with van der Waals surface area (Å²) in [4.78, 5) is 14.7. The molecule has 0 unspecified atom stereocenters. The van der Waals surface area contributed by atoms with Gasteiger partial charge in [0.2, 0.25) is 5.91 Å². The SMILES string of the molecule is Cc1cc(CC(=O)N2C[C@@H](c3ccccc3Cl)OCC2(C)C)no1. The maximum Gasteiger partial charge on any atom is 0.229 e. The molecule has 6 heteroatoms. The van der Waals surface area contributed by atoms with Gasteiger partial charge in [-0.3, -0.25) is 4.79 Å². The molecule has 128 valence electrons. The van der Waals surface area contributed by atoms with Crippen molar-refractivity contribution in [1.82, 2.24) is 10.1 Å². The molecule has 24 heavy (non-hydrogen) atoms. The molecule has 1 amide bonds. The van der Waals surface area contributed by atoms with Crippen molar-refractivity contribution in [3.63, 3.8) is 0 Å². The number of ether oxygens (including phenoxy) is 1. The van der Waals surface area contributed by atoms with Crippen LogP contribution in [0.3, 0.4) is 0 Å². The predicted molar refractivity (Wildman–Crippen MR) is 90.9 cm³/mol. The number of aromatic nitrogens is 1. The number of carbonyl (C=O) groups is 1. The Hall–Kier alpha value is -1.85. The normalized spacial score (nSPS) is 20.2. The lowest BCUT2D eigenvalue weighted by molar-refractivity contribution is -0.154. The molecule has 0 spiro atoms. The molecule has 1 aliphatic rings. The van der Waals surface area contributed by atoms with Crippen LogP contribution < -0.4 is 0 Å². The fraction of sp³-hybridized carbons (Fsp3) is 0.444. The molecular weight excluding hydrogens is 328 g/mol. The zero-order chi connectivity index (χ0) is 17.3. The highest BCUT2D eigenvalue weighted by atomic mass is 35.5. The molecule has 1 saturated heterocycles. The van der Waals surface area contributed by atoms with E-state index in [0.717, 1.165) is 5.56 Å². The fourth-order valence-electron chi connectivity index (χ4n) is 2.96. The molecule has 5 nitrogen and oxygen atoms in total. The zero-order valence-corrected chi connectivity index (χ0v) is 14.8. The summed E-state index contributed by atoms with van der Waals surface area (Å²) >= 11 is 6.28. The Balaban J connectivity index is 1.79. The van der Waals surface area contributed by atoms with E-state index in [-0.39, 0.29) is 24.0 Å². The Labute approximate surface area is 146 Å². The molecule has 0 saturated carbocycles. The first-order valence-electron chi connectivity index (χ1n) is 7.95. The second kappa shape index (κ2) is 6.57. The number of morpholine rings is 1. The summed E-state index contributed by atoms with van der Waals surface area (Å²) in [5, 5.41) is 4.57. The lowest BCUT2D eigenvalue weighted by atomic mass is 9.97. The van der Waals surface area contributed by atoms with Gasteiger partial charge in [0, 0.05) is 16.7 Å². The summed E-state index contributed by atoms with van der Waals surface area (Å²) in [5.41, 5.74) is 1.17. The average Bonchev–Trinajstić information content (AvgIpc) is 2.93. The van der Waals surface area contributed by atoms with Gasteiger partial charge >= 0.3 is 0 Å². The quantitative estimate of drug-likeness (QED) is 0.851. The summed E-state index contributed by atoms with van der Waals surface area (Å²) in [6, 6.07) is 9.37. The zero-order valence-electron chi connectivity index (χ0n) is 14.1. The van der Waals surface area contributed by atoms with Gasteiger partial charge in [0.1, 0.15) is 11.9 Å². The number of benzene rings is 1. The van der Waals surface area contributed by atoms with E-state index in [1.807, 2.05) is 49.9 Å². The Bertz CT molecular complexity index is 741. The van der Waals surface area contributed by atoms with Crippen LogP contribution in [0.25, 0.3) is 0 Å². The van der Waals surface area contributed by atoms with Gasteiger partial charge in [0.25, 0.3) is 0 Å². The minimum Gasteiger partial charge on any atom is -0.369 e. The topological polar surface area (TPSA) is 55.6 Å². The highest BCUT2D eigenvalue weighted by molar-refractivity contribution is 6.31. The van der Waals surface area contributed by atoms with Gasteiger partial charge in [-0.1, -0.05) is 35.0 Å². The third-order valence-electron chi connectivity index (χ3n) is 4.28. The maximum absolute atomic E-state index is 12.8. The van der Waals surface area contributed by atoms with Gasteiger partial charge in [-0.15, -0.1) is 0 Å². The van der Waals surface area contributed by atoms with Crippen LogP contribution in [-0.4, -0.2) is 34.7 Å². The number of halogens is 1. The molecule has 1 aromatic heterocycles. The minimum atomic E-state index is -0.381. The van der Waals surface area contributed by atoms with Crippen LogP contribution in [0.1, 0.15) is 37.0 Å². The van der Waals surface area contributed by atoms with Gasteiger partial charge < -0.3 is 14.2 Å². The molecule has 0 aliphatic carbocycles. The smallest absolute Gasteiger partial charge is 0.229 e. The Morgan fingerprint density at radius 3 is 2.83 bits per heavy atom. The minimum absolute atomic E-state index is 0.00801. The molecule has 1 atom stereocenters. The van der Waals surface area contributed by atoms with Crippen LogP contribution in [0.15, 0.2) is 34.9 Å². The highest BCUT2D eigenvalue weighted by Crippen LogP contribution is 2.33. The molecule has 0 N–H and O–H groups in total. The molecule has 0 bridgehead atoms. The van der Waals surface area contributed by atoms with Crippen molar-refractivity contribution in [2.45, 2.75) is 38.8 Å². The maximum atomic E-state index is 12.8. The first-order valence-corrected chi connectivity index (χ1v) is 8.33. The lowest BCUT2D eigenvalue weighted by Gasteiger charge is -2.45. The van der Waals surface area contributed by atoms with E-state index in [9.17, 15) is 4.79 Å². The lowest BCUT2D eigenvalue weighted by Crippen LogP contribution is -2.56. The fourth-order valence-corrected chi connectivity index (χ4v) is 3.22. The molecular formula is C18H21ClN2O3. The first kappa shape index (κ1) is 17.0. The van der Waals surface area contributed by atoms with Crippen molar-refractivity contribution in [3.05, 3.63) is 52.4 Å². The van der Waals surface area contributed by atoms with Crippen molar-refractivity contribution >= 4 is 17.5 Å². The van der Waals surface area contributed by atoms with E-state index in [1.165, 1.54) is 0 Å². The highest BCUT2D eigenvalue weighted by Gasteiger charge is 2.39. The molecule has 2 aromatic rings. The number of amides is 1. The third kappa shape index (κ3) is 3.47. The Morgan fingerprint density at radius 2 is 2.17 bits per heavy atom. The summed E-state index contributed by atoms with van der Waals surface area (Å²) < 4.78 is 11.0. The summed E-state index contributed by atoms with van der Waals surface area (Å²) in [5.74, 6) is 0.710. The van der Waals surface area contributed by atoms with Crippen LogP contribution >= 0.6 is 11.6 Å². The molecule has 2 heterocycles. The van der Waals surface area contributed by atoms with Crippen molar-refractivity contribution < 1.29 is 14.1 Å². The second-order valence-corrected chi connectivity index (χ2v) is 7.15. The number of nitrogens with zero attached hydrogens (tertiary/aromatic N) is 2. The molecule has 1 aromatic carbocycles. The average molecular weight is 349 g/mol. The summed E-state index contributed by atoms with van der Waals surface area (Å²) in [6.45, 7) is 6.73. The van der Waals surface area contributed by atoms with E-state index >= 15 is 0 Å². The summed E-state index contributed by atoms with van der Waals surface area (Å²) in [7, 11) is 0. The number of rotatable bonds is 3. The monoisotopic (exact) mass is 348 g/mol. The van der Waals surface area contributed by atoms with Gasteiger partial charge in [-0.25, -0.2) is 0 Å². The predicted octanol–water partition coefficient (Wildman–Crippen LogP) is 3.56. The van der Waals surface area contributed by atoms with Crippen LogP contribution in [0.5, 0.6) is 0 Å². The van der Waals surface area contributed by atoms with Crippen molar-refractivity contribution in [2.75, 3.05) is 13.2 Å². The third-order valence-corrected chi connectivity index (χ3v) is 4.62. The Morgan fingerprint density at radius 1 is 1.42 bits per heavy atom. The number of carbonyl (C=O) groups excluding carboxylic acids is 1. The van der Waals surface area contributed by atoms with Crippen molar-refractivity contribution in [2.24, 2.45) is 0 Å². The largest absolute Gasteiger partial charge is 0.369 e. The first-order chi connectivity index (χ1) is 11.4. The number of hydrogen-bond acceptors (Lipinski definition) is 4. The van der Waals surface area contributed by atoms with E-state index in [4.69, 9.17) is 20.9 Å². The molecule has 1 aliphatic heterocycles. The summed E-state index contributed by atoms with van der Waals surface area (Å²) in [6.07, 6.45) is -0.00885. The van der Waals surface area contributed by atoms with E-state index < -0.39 is 0 Å². The van der Waals surface area contributed by atoms with Crippen LogP contribution in [0, 0.1) is 6.92 Å². The van der Waals surface area contributed by atoms with E-state index in [0.29, 0.717) is 29.6 Å². The van der Waals surface area contributed by atoms with E-state index in [1.54, 1.807) is 6.07 Å². The van der Waals surface area contributed by atoms with Gasteiger partial charge in [0.05, 0.1) is 30.8 Å². The van der Waals surface area contributed by atoms with Crippen molar-refractivity contribution in [1.29, 1.82) is 0 Å². The van der Waals surface area contributed by atoms with E-state index in [2.05, 4.69) is 5.16 Å². The van der Waals surface area contributed by atoms with Crippen molar-refractivity contribution in [3.8, 4) is 0 Å². The number of hydrogen-bond donors (Lipinski definition) is 0. The molecule has 1 fully saturated rings. The second-order valence-electron chi connectivity index (χ2n) is 6.74. The Kier molecular flexibility index (Phi) is 4.65. The van der Waals surface area contributed by atoms with Crippen LogP contribution in [-0.2, 0) is 16.0 Å². The molecule has 3 rings (SSSR count). The molecule has 0 radical (unpaired) electrons. The van der Waals surface area contributed by atoms with Crippen LogP contribution in [0.4, 0.5) is 0 Å².